The Morgan fingerprint density at radius 3 is 2.33 bits per heavy atom. The summed E-state index contributed by atoms with van der Waals surface area (Å²) in [5, 5.41) is 3.46. The van der Waals surface area contributed by atoms with E-state index in [0.29, 0.717) is 18.2 Å². The lowest BCUT2D eigenvalue weighted by Crippen LogP contribution is -2.48. The molecule has 3 heteroatoms. The molecular weight excluding hydrogens is 260 g/mol. The van der Waals surface area contributed by atoms with Crippen molar-refractivity contribution < 1.29 is 4.74 Å². The van der Waals surface area contributed by atoms with Crippen molar-refractivity contribution >= 4 is 0 Å². The molecule has 1 N–H and O–H groups in total. The SMILES string of the molecule is CCCc1ccc(C(CN2C[C@@H](C)O[C@@H](C)C2)NC)cc1. The maximum absolute atomic E-state index is 5.82. The second-order valence-corrected chi connectivity index (χ2v) is 6.31. The zero-order valence-electron chi connectivity index (χ0n) is 13.9. The van der Waals surface area contributed by atoms with Crippen molar-refractivity contribution in [2.75, 3.05) is 26.7 Å². The van der Waals surface area contributed by atoms with Crippen molar-refractivity contribution in [3.05, 3.63) is 35.4 Å². The van der Waals surface area contributed by atoms with Crippen LogP contribution >= 0.6 is 0 Å². The number of hydrogen-bond acceptors (Lipinski definition) is 3. The van der Waals surface area contributed by atoms with E-state index in [-0.39, 0.29) is 0 Å². The van der Waals surface area contributed by atoms with E-state index < -0.39 is 0 Å². The minimum atomic E-state index is 0.332. The molecule has 118 valence electrons. The van der Waals surface area contributed by atoms with Crippen LogP contribution in [0.25, 0.3) is 0 Å². The first-order valence-corrected chi connectivity index (χ1v) is 8.26. The van der Waals surface area contributed by atoms with Gasteiger partial charge >= 0.3 is 0 Å². The molecule has 0 radical (unpaired) electrons. The molecule has 1 saturated heterocycles. The highest BCUT2D eigenvalue weighted by Gasteiger charge is 2.24. The zero-order chi connectivity index (χ0) is 15.2. The van der Waals surface area contributed by atoms with Crippen LogP contribution < -0.4 is 5.32 Å². The lowest BCUT2D eigenvalue weighted by Gasteiger charge is -2.37. The number of nitrogens with one attached hydrogen (secondary N) is 1. The summed E-state index contributed by atoms with van der Waals surface area (Å²) in [7, 11) is 2.05. The molecule has 1 aliphatic rings. The van der Waals surface area contributed by atoms with Crippen LogP contribution in [0.4, 0.5) is 0 Å². The van der Waals surface area contributed by atoms with Gasteiger partial charge in [0.15, 0.2) is 0 Å². The molecule has 0 aliphatic carbocycles. The summed E-state index contributed by atoms with van der Waals surface area (Å²) in [5.74, 6) is 0. The number of nitrogens with zero attached hydrogens (tertiary/aromatic N) is 1. The molecule has 0 amide bonds. The van der Waals surface area contributed by atoms with Gasteiger partial charge in [-0.1, -0.05) is 37.6 Å². The Hall–Kier alpha value is -0.900. The van der Waals surface area contributed by atoms with E-state index in [9.17, 15) is 0 Å². The second kappa shape index (κ2) is 7.92. The van der Waals surface area contributed by atoms with Crippen LogP contribution in [0.3, 0.4) is 0 Å². The summed E-state index contributed by atoms with van der Waals surface area (Å²) in [5.41, 5.74) is 2.81. The highest BCUT2D eigenvalue weighted by atomic mass is 16.5. The number of likely N-dealkylation sites (N-methyl/N-ethyl adjacent to an activating group) is 1. The highest BCUT2D eigenvalue weighted by Crippen LogP contribution is 2.19. The van der Waals surface area contributed by atoms with Crippen molar-refractivity contribution in [3.8, 4) is 0 Å². The molecule has 1 fully saturated rings. The van der Waals surface area contributed by atoms with Gasteiger partial charge in [0.05, 0.1) is 12.2 Å². The van der Waals surface area contributed by atoms with Gasteiger partial charge in [-0.25, -0.2) is 0 Å². The minimum absolute atomic E-state index is 0.332. The van der Waals surface area contributed by atoms with Gasteiger partial charge in [0, 0.05) is 25.7 Å². The van der Waals surface area contributed by atoms with Gasteiger partial charge in [-0.3, -0.25) is 4.90 Å². The molecule has 2 rings (SSSR count). The van der Waals surface area contributed by atoms with Gasteiger partial charge in [-0.05, 0) is 38.4 Å². The first kappa shape index (κ1) is 16.5. The summed E-state index contributed by atoms with van der Waals surface area (Å²) < 4.78 is 5.82. The Labute approximate surface area is 129 Å². The Morgan fingerprint density at radius 1 is 1.19 bits per heavy atom. The summed E-state index contributed by atoms with van der Waals surface area (Å²) in [6.45, 7) is 9.65. The average Bonchev–Trinajstić information content (AvgIpc) is 2.45. The third-order valence-corrected chi connectivity index (χ3v) is 4.21. The monoisotopic (exact) mass is 290 g/mol. The predicted molar refractivity (Wildman–Crippen MR) is 88.7 cm³/mol. The van der Waals surface area contributed by atoms with Gasteiger partial charge in [-0.2, -0.15) is 0 Å². The normalized spacial score (nSPS) is 25.0. The Morgan fingerprint density at radius 2 is 1.81 bits per heavy atom. The van der Waals surface area contributed by atoms with E-state index in [0.717, 1.165) is 19.6 Å². The Kier molecular flexibility index (Phi) is 6.22. The molecule has 1 aromatic rings. The van der Waals surface area contributed by atoms with Gasteiger partial charge in [0.1, 0.15) is 0 Å². The smallest absolute Gasteiger partial charge is 0.0678 e. The van der Waals surface area contributed by atoms with Gasteiger partial charge in [0.2, 0.25) is 0 Å². The zero-order valence-corrected chi connectivity index (χ0v) is 13.9. The van der Waals surface area contributed by atoms with Crippen molar-refractivity contribution in [2.45, 2.75) is 51.9 Å². The van der Waals surface area contributed by atoms with Crippen LogP contribution in [0, 0.1) is 0 Å². The fourth-order valence-electron chi connectivity index (χ4n) is 3.26. The summed E-state index contributed by atoms with van der Waals surface area (Å²) in [4.78, 5) is 2.51. The standard InChI is InChI=1S/C18H30N2O/c1-5-6-16-7-9-17(10-8-16)18(19-4)13-20-11-14(2)21-15(3)12-20/h7-10,14-15,18-19H,5-6,11-13H2,1-4H3/t14-,15+,18?. The maximum Gasteiger partial charge on any atom is 0.0678 e. The average molecular weight is 290 g/mol. The van der Waals surface area contributed by atoms with E-state index >= 15 is 0 Å². The van der Waals surface area contributed by atoms with Crippen molar-refractivity contribution in [3.63, 3.8) is 0 Å². The van der Waals surface area contributed by atoms with E-state index in [1.165, 1.54) is 24.0 Å². The molecule has 1 heterocycles. The number of morpholine rings is 1. The van der Waals surface area contributed by atoms with Crippen LogP contribution in [-0.4, -0.2) is 43.8 Å². The number of rotatable bonds is 6. The largest absolute Gasteiger partial charge is 0.373 e. The van der Waals surface area contributed by atoms with E-state index in [2.05, 4.69) is 62.3 Å². The molecule has 3 atom stereocenters. The van der Waals surface area contributed by atoms with Crippen LogP contribution in [0.5, 0.6) is 0 Å². The van der Waals surface area contributed by atoms with E-state index in [1.54, 1.807) is 0 Å². The fourth-order valence-corrected chi connectivity index (χ4v) is 3.26. The Bertz CT molecular complexity index is 408. The second-order valence-electron chi connectivity index (χ2n) is 6.31. The van der Waals surface area contributed by atoms with E-state index in [4.69, 9.17) is 4.74 Å². The predicted octanol–water partition coefficient (Wildman–Crippen LogP) is 3.01. The van der Waals surface area contributed by atoms with Crippen molar-refractivity contribution in [1.29, 1.82) is 0 Å². The molecule has 1 aliphatic heterocycles. The number of benzene rings is 1. The molecule has 1 aromatic carbocycles. The Balaban J connectivity index is 1.98. The molecule has 0 bridgehead atoms. The quantitative estimate of drug-likeness (QED) is 0.871. The van der Waals surface area contributed by atoms with Gasteiger partial charge in [-0.15, -0.1) is 0 Å². The first-order valence-electron chi connectivity index (χ1n) is 8.26. The minimum Gasteiger partial charge on any atom is -0.373 e. The molecule has 0 aromatic heterocycles. The summed E-state index contributed by atoms with van der Waals surface area (Å²) in [6, 6.07) is 9.48. The molecule has 0 saturated carbocycles. The van der Waals surface area contributed by atoms with Gasteiger partial charge < -0.3 is 10.1 Å². The van der Waals surface area contributed by atoms with Crippen LogP contribution in [0.1, 0.15) is 44.4 Å². The number of hydrogen-bond donors (Lipinski definition) is 1. The first-order chi connectivity index (χ1) is 10.1. The van der Waals surface area contributed by atoms with Crippen LogP contribution in [0.15, 0.2) is 24.3 Å². The van der Waals surface area contributed by atoms with E-state index in [1.807, 2.05) is 0 Å². The molecule has 1 unspecified atom stereocenters. The third kappa shape index (κ3) is 4.80. The highest BCUT2D eigenvalue weighted by molar-refractivity contribution is 5.25. The van der Waals surface area contributed by atoms with Crippen LogP contribution in [-0.2, 0) is 11.2 Å². The summed E-state index contributed by atoms with van der Waals surface area (Å²) >= 11 is 0. The molecule has 0 spiro atoms. The number of ether oxygens (including phenoxy) is 1. The number of aryl methyl sites for hydroxylation is 1. The maximum atomic E-state index is 5.82. The molecule has 3 nitrogen and oxygen atoms in total. The fraction of sp³-hybridized carbons (Fsp3) is 0.667. The summed E-state index contributed by atoms with van der Waals surface area (Å²) in [6.07, 6.45) is 3.04. The third-order valence-electron chi connectivity index (χ3n) is 4.21. The lowest BCUT2D eigenvalue weighted by molar-refractivity contribution is -0.0698. The van der Waals surface area contributed by atoms with Crippen LogP contribution in [0.2, 0.25) is 0 Å². The molecule has 21 heavy (non-hydrogen) atoms. The van der Waals surface area contributed by atoms with Crippen molar-refractivity contribution in [1.82, 2.24) is 10.2 Å². The van der Waals surface area contributed by atoms with Crippen molar-refractivity contribution in [2.24, 2.45) is 0 Å². The lowest BCUT2D eigenvalue weighted by atomic mass is 10.0. The van der Waals surface area contributed by atoms with Gasteiger partial charge in [0.25, 0.3) is 0 Å². The topological polar surface area (TPSA) is 24.5 Å². The molecular formula is C18H30N2O.